The zero-order valence-corrected chi connectivity index (χ0v) is 10.5. The molecular weight excluding hydrogens is 210 g/mol. The van der Waals surface area contributed by atoms with Gasteiger partial charge in [-0.1, -0.05) is 18.2 Å². The Morgan fingerprint density at radius 1 is 1.00 bits per heavy atom. The number of benzene rings is 1. The average molecular weight is 227 g/mol. The van der Waals surface area contributed by atoms with Crippen LogP contribution in [0.1, 0.15) is 0 Å². The van der Waals surface area contributed by atoms with E-state index in [0.29, 0.717) is 0 Å². The van der Waals surface area contributed by atoms with E-state index in [1.54, 1.807) is 21.3 Å². The van der Waals surface area contributed by atoms with Crippen LogP contribution in [0, 0.1) is 0 Å². The summed E-state index contributed by atoms with van der Waals surface area (Å²) in [7, 11) is 3.95. The van der Waals surface area contributed by atoms with E-state index >= 15 is 0 Å². The SMILES string of the molecule is CNc1ccccc1[Si](OC)(OC)OC. The molecule has 0 saturated carbocycles. The molecule has 0 radical (unpaired) electrons. The first-order valence-electron chi connectivity index (χ1n) is 4.66. The highest BCUT2D eigenvalue weighted by molar-refractivity contribution is 6.76. The first-order chi connectivity index (χ1) is 7.24. The van der Waals surface area contributed by atoms with Gasteiger partial charge >= 0.3 is 8.80 Å². The first kappa shape index (κ1) is 12.2. The lowest BCUT2D eigenvalue weighted by molar-refractivity contribution is 0.140. The van der Waals surface area contributed by atoms with Gasteiger partial charge in [0.05, 0.1) is 0 Å². The summed E-state index contributed by atoms with van der Waals surface area (Å²) >= 11 is 0. The van der Waals surface area contributed by atoms with Gasteiger partial charge in [0, 0.05) is 39.3 Å². The number of hydrogen-bond donors (Lipinski definition) is 1. The lowest BCUT2D eigenvalue weighted by Crippen LogP contribution is -2.55. The number of para-hydroxylation sites is 1. The van der Waals surface area contributed by atoms with Crippen molar-refractivity contribution >= 4 is 19.7 Å². The zero-order valence-electron chi connectivity index (χ0n) is 9.53. The Kier molecular flexibility index (Phi) is 4.28. The van der Waals surface area contributed by atoms with Crippen molar-refractivity contribution in [1.82, 2.24) is 0 Å². The lowest BCUT2D eigenvalue weighted by atomic mass is 10.3. The van der Waals surface area contributed by atoms with Gasteiger partial charge in [-0.05, 0) is 6.07 Å². The van der Waals surface area contributed by atoms with Crippen LogP contribution in [0.5, 0.6) is 0 Å². The molecule has 0 spiro atoms. The molecule has 0 fully saturated rings. The summed E-state index contributed by atoms with van der Waals surface area (Å²) in [5.41, 5.74) is 0.967. The Hall–Kier alpha value is -0.883. The summed E-state index contributed by atoms with van der Waals surface area (Å²) in [6, 6.07) is 7.81. The van der Waals surface area contributed by atoms with Gasteiger partial charge in [-0.15, -0.1) is 0 Å². The minimum absolute atomic E-state index is 0.944. The van der Waals surface area contributed by atoms with Crippen molar-refractivity contribution in [2.24, 2.45) is 0 Å². The average Bonchev–Trinajstić information content (AvgIpc) is 2.33. The van der Waals surface area contributed by atoms with E-state index in [-0.39, 0.29) is 0 Å². The molecule has 1 N–H and O–H groups in total. The van der Waals surface area contributed by atoms with Crippen LogP contribution in [0.2, 0.25) is 0 Å². The summed E-state index contributed by atoms with van der Waals surface area (Å²) < 4.78 is 16.3. The van der Waals surface area contributed by atoms with Crippen LogP contribution in [0.25, 0.3) is 0 Å². The maximum absolute atomic E-state index is 5.42. The summed E-state index contributed by atoms with van der Waals surface area (Å²) in [6.45, 7) is 0. The van der Waals surface area contributed by atoms with E-state index in [0.717, 1.165) is 10.9 Å². The molecule has 0 amide bonds. The number of nitrogens with one attached hydrogen (secondary N) is 1. The fourth-order valence-corrected chi connectivity index (χ4v) is 3.55. The van der Waals surface area contributed by atoms with Crippen LogP contribution in [-0.4, -0.2) is 37.2 Å². The van der Waals surface area contributed by atoms with E-state index < -0.39 is 8.80 Å². The third kappa shape index (κ3) is 2.20. The molecule has 1 aromatic rings. The van der Waals surface area contributed by atoms with E-state index in [1.807, 2.05) is 31.3 Å². The van der Waals surface area contributed by atoms with Crippen LogP contribution >= 0.6 is 0 Å². The third-order valence-corrected chi connectivity index (χ3v) is 5.04. The zero-order chi connectivity index (χ0) is 11.3. The van der Waals surface area contributed by atoms with Gasteiger partial charge in [0.25, 0.3) is 0 Å². The van der Waals surface area contributed by atoms with Gasteiger partial charge < -0.3 is 18.6 Å². The molecule has 1 aromatic carbocycles. The predicted molar refractivity (Wildman–Crippen MR) is 62.4 cm³/mol. The van der Waals surface area contributed by atoms with E-state index in [4.69, 9.17) is 13.3 Å². The standard InChI is InChI=1S/C10H17NO3Si/c1-11-9-7-5-6-8-10(9)15(12-2,13-3)14-4/h5-8,11H,1-4H3. The molecule has 0 saturated heterocycles. The molecule has 0 aliphatic carbocycles. The minimum atomic E-state index is -2.72. The van der Waals surface area contributed by atoms with Crippen LogP contribution in [-0.2, 0) is 13.3 Å². The molecule has 0 aliphatic heterocycles. The topological polar surface area (TPSA) is 39.7 Å². The normalized spacial score (nSPS) is 11.5. The Morgan fingerprint density at radius 2 is 1.53 bits per heavy atom. The minimum Gasteiger partial charge on any atom is -0.388 e. The maximum atomic E-state index is 5.42. The molecule has 0 heterocycles. The van der Waals surface area contributed by atoms with Crippen molar-refractivity contribution in [3.05, 3.63) is 24.3 Å². The van der Waals surface area contributed by atoms with Crippen LogP contribution in [0.3, 0.4) is 0 Å². The van der Waals surface area contributed by atoms with Crippen molar-refractivity contribution in [2.45, 2.75) is 0 Å². The Labute approximate surface area is 91.5 Å². The molecular formula is C10H17NO3Si. The van der Waals surface area contributed by atoms with Gasteiger partial charge in [0.15, 0.2) is 0 Å². The highest BCUT2D eigenvalue weighted by atomic mass is 28.4. The second-order valence-corrected chi connectivity index (χ2v) is 5.84. The number of hydrogen-bond acceptors (Lipinski definition) is 4. The second-order valence-electron chi connectivity index (χ2n) is 2.96. The van der Waals surface area contributed by atoms with E-state index in [9.17, 15) is 0 Å². The number of rotatable bonds is 5. The Balaban J connectivity index is 3.21. The highest BCUT2D eigenvalue weighted by Gasteiger charge is 2.42. The molecule has 5 heteroatoms. The molecule has 1 rings (SSSR count). The molecule has 84 valence electrons. The molecule has 0 bridgehead atoms. The van der Waals surface area contributed by atoms with Gasteiger partial charge in [0.2, 0.25) is 0 Å². The van der Waals surface area contributed by atoms with Crippen molar-refractivity contribution < 1.29 is 13.3 Å². The van der Waals surface area contributed by atoms with Gasteiger partial charge in [-0.3, -0.25) is 0 Å². The van der Waals surface area contributed by atoms with Crippen LogP contribution < -0.4 is 10.5 Å². The van der Waals surface area contributed by atoms with E-state index in [2.05, 4.69) is 5.32 Å². The molecule has 15 heavy (non-hydrogen) atoms. The molecule has 4 nitrogen and oxygen atoms in total. The quantitative estimate of drug-likeness (QED) is 0.756. The summed E-state index contributed by atoms with van der Waals surface area (Å²) in [6.07, 6.45) is 0. The van der Waals surface area contributed by atoms with Crippen molar-refractivity contribution in [3.63, 3.8) is 0 Å². The van der Waals surface area contributed by atoms with Gasteiger partial charge in [0.1, 0.15) is 0 Å². The Bertz CT molecular complexity index is 307. The summed E-state index contributed by atoms with van der Waals surface area (Å²) in [5, 5.41) is 4.04. The molecule has 0 aromatic heterocycles. The largest absolute Gasteiger partial charge is 0.538 e. The van der Waals surface area contributed by atoms with Gasteiger partial charge in [-0.2, -0.15) is 0 Å². The second kappa shape index (κ2) is 5.27. The van der Waals surface area contributed by atoms with E-state index in [1.165, 1.54) is 0 Å². The highest BCUT2D eigenvalue weighted by Crippen LogP contribution is 2.13. The van der Waals surface area contributed by atoms with Crippen molar-refractivity contribution in [3.8, 4) is 0 Å². The monoisotopic (exact) mass is 227 g/mol. The molecule has 0 aliphatic rings. The predicted octanol–water partition coefficient (Wildman–Crippen LogP) is 0.813. The maximum Gasteiger partial charge on any atom is 0.538 e. The van der Waals surface area contributed by atoms with Crippen molar-refractivity contribution in [1.29, 1.82) is 0 Å². The fourth-order valence-electron chi connectivity index (χ4n) is 1.55. The van der Waals surface area contributed by atoms with Crippen LogP contribution in [0.4, 0.5) is 5.69 Å². The lowest BCUT2D eigenvalue weighted by Gasteiger charge is -2.26. The summed E-state index contributed by atoms with van der Waals surface area (Å²) in [4.78, 5) is 0. The summed E-state index contributed by atoms with van der Waals surface area (Å²) in [5.74, 6) is 0. The smallest absolute Gasteiger partial charge is 0.388 e. The number of anilines is 1. The van der Waals surface area contributed by atoms with Gasteiger partial charge in [-0.25, -0.2) is 0 Å². The molecule has 0 unspecified atom stereocenters. The molecule has 0 atom stereocenters. The third-order valence-electron chi connectivity index (χ3n) is 2.33. The van der Waals surface area contributed by atoms with Crippen molar-refractivity contribution in [2.75, 3.05) is 33.7 Å². The fraction of sp³-hybridized carbons (Fsp3) is 0.400. The first-order valence-corrected chi connectivity index (χ1v) is 6.39. The Morgan fingerprint density at radius 3 is 2.00 bits per heavy atom. The van der Waals surface area contributed by atoms with Crippen LogP contribution in [0.15, 0.2) is 24.3 Å².